The largest absolute Gasteiger partial charge is 2.00 e. The van der Waals surface area contributed by atoms with Crippen LogP contribution in [0.4, 0.5) is 0 Å². The first-order valence-corrected chi connectivity index (χ1v) is 17.8. The molecular weight excluding hydrogens is 775 g/mol. The molecule has 0 radical (unpaired) electrons. The van der Waals surface area contributed by atoms with Crippen LogP contribution in [0.15, 0.2) is 170 Å². The zero-order valence-corrected chi connectivity index (χ0v) is 34.5. The van der Waals surface area contributed by atoms with E-state index < -0.39 is 0 Å². The smallest absolute Gasteiger partial charge is 1.00 e. The van der Waals surface area contributed by atoms with E-state index in [1.54, 1.807) is 0 Å². The van der Waals surface area contributed by atoms with Crippen molar-refractivity contribution in [2.24, 2.45) is 0 Å². The van der Waals surface area contributed by atoms with Gasteiger partial charge in [0, 0.05) is 0 Å². The fraction of sp³-hybridized carbons (Fsp3) is 0.0588. The number of rotatable bonds is 2. The second-order valence-electron chi connectivity index (χ2n) is 13.4. The topological polar surface area (TPSA) is 0 Å². The van der Waals surface area contributed by atoms with Gasteiger partial charge in [0.05, 0.1) is 0 Å². The molecule has 0 atom stereocenters. The zero-order valence-electron chi connectivity index (χ0n) is 30.5. The SMILES string of the molecule is Cc1cc2c(-c3c4ccccc4cc4ccccc34)cccc2[cH-]1.Cc1cc2c(-c3c4ccccc4cc4ccccc34)cccc2[cH-]1.[CH2-]C[CH2-].[Cl-].[Cl-].[Zr+2]. The summed E-state index contributed by atoms with van der Waals surface area (Å²) in [6.07, 6.45) is 0.750. The van der Waals surface area contributed by atoms with Gasteiger partial charge in [0.2, 0.25) is 0 Å². The Morgan fingerprint density at radius 3 is 1.00 bits per heavy atom. The van der Waals surface area contributed by atoms with Gasteiger partial charge in [-0.2, -0.15) is 12.1 Å². The summed E-state index contributed by atoms with van der Waals surface area (Å²) in [6, 6.07) is 61.9. The average Bonchev–Trinajstić information content (AvgIpc) is 3.74. The van der Waals surface area contributed by atoms with Crippen molar-refractivity contribution in [1.82, 2.24) is 0 Å². The maximum atomic E-state index is 3.38. The molecule has 0 spiro atoms. The number of hydrogen-bond donors (Lipinski definition) is 0. The predicted molar refractivity (Wildman–Crippen MR) is 225 cm³/mol. The van der Waals surface area contributed by atoms with Gasteiger partial charge in [-0.1, -0.05) is 134 Å². The molecule has 0 amide bonds. The summed E-state index contributed by atoms with van der Waals surface area (Å²) in [4.78, 5) is 0. The van der Waals surface area contributed by atoms with Crippen molar-refractivity contribution in [1.29, 1.82) is 0 Å². The molecule has 0 aliphatic carbocycles. The van der Waals surface area contributed by atoms with E-state index in [1.807, 2.05) is 0 Å². The van der Waals surface area contributed by atoms with Crippen LogP contribution >= 0.6 is 0 Å². The maximum Gasteiger partial charge on any atom is 2.00 e. The summed E-state index contributed by atoms with van der Waals surface area (Å²) in [5, 5.41) is 15.8. The molecule has 10 aromatic carbocycles. The van der Waals surface area contributed by atoms with Crippen LogP contribution in [0.2, 0.25) is 0 Å². The third-order valence-electron chi connectivity index (χ3n) is 9.87. The summed E-state index contributed by atoms with van der Waals surface area (Å²) >= 11 is 0. The van der Waals surface area contributed by atoms with Crippen molar-refractivity contribution in [3.05, 3.63) is 195 Å². The summed E-state index contributed by atoms with van der Waals surface area (Å²) in [5.74, 6) is 0. The second-order valence-corrected chi connectivity index (χ2v) is 13.4. The molecule has 54 heavy (non-hydrogen) atoms. The molecule has 3 heteroatoms. The van der Waals surface area contributed by atoms with Crippen LogP contribution in [0.3, 0.4) is 0 Å². The summed E-state index contributed by atoms with van der Waals surface area (Å²) in [7, 11) is 0. The molecule has 0 unspecified atom stereocenters. The molecule has 0 saturated carbocycles. The van der Waals surface area contributed by atoms with Gasteiger partial charge in [-0.25, -0.2) is 0 Å². The fourth-order valence-corrected chi connectivity index (χ4v) is 7.81. The van der Waals surface area contributed by atoms with Crippen LogP contribution in [-0.2, 0) is 26.2 Å². The number of fused-ring (bicyclic) bond motifs is 6. The van der Waals surface area contributed by atoms with E-state index in [9.17, 15) is 0 Å². The molecule has 266 valence electrons. The Hall–Kier alpha value is -4.52. The molecule has 0 aromatic heterocycles. The van der Waals surface area contributed by atoms with Gasteiger partial charge < -0.3 is 45.1 Å². The molecule has 0 saturated heterocycles. The molecule has 10 rings (SSSR count). The fourth-order valence-electron chi connectivity index (χ4n) is 7.81. The van der Waals surface area contributed by atoms with Crippen LogP contribution in [0.25, 0.3) is 86.9 Å². The number of benzene rings is 8. The quantitative estimate of drug-likeness (QED) is 0.121. The first-order chi connectivity index (χ1) is 25.0. The van der Waals surface area contributed by atoms with Crippen molar-refractivity contribution in [2.45, 2.75) is 20.3 Å². The third kappa shape index (κ3) is 7.69. The second kappa shape index (κ2) is 17.7. The molecule has 0 nitrogen and oxygen atoms in total. The average molecular weight is 815 g/mol. The summed E-state index contributed by atoms with van der Waals surface area (Å²) in [5.41, 5.74) is 7.99. The minimum absolute atomic E-state index is 0. The van der Waals surface area contributed by atoms with Gasteiger partial charge in [-0.05, 0) is 66.3 Å². The maximum absolute atomic E-state index is 3.38. The van der Waals surface area contributed by atoms with Crippen LogP contribution < -0.4 is 24.8 Å². The van der Waals surface area contributed by atoms with Crippen molar-refractivity contribution in [3.8, 4) is 22.3 Å². The van der Waals surface area contributed by atoms with Crippen molar-refractivity contribution >= 4 is 64.6 Å². The van der Waals surface area contributed by atoms with E-state index in [0.29, 0.717) is 0 Å². The molecule has 0 fully saturated rings. The summed E-state index contributed by atoms with van der Waals surface area (Å²) < 4.78 is 0. The molecule has 0 bridgehead atoms. The van der Waals surface area contributed by atoms with Gasteiger partial charge in [0.15, 0.2) is 0 Å². The van der Waals surface area contributed by atoms with E-state index in [4.69, 9.17) is 0 Å². The first-order valence-electron chi connectivity index (χ1n) is 17.8. The van der Waals surface area contributed by atoms with E-state index in [0.717, 1.165) is 6.42 Å². The molecule has 10 aromatic rings. The van der Waals surface area contributed by atoms with Crippen molar-refractivity contribution in [2.75, 3.05) is 0 Å². The van der Waals surface area contributed by atoms with Gasteiger partial charge in [0.1, 0.15) is 0 Å². The Bertz CT molecular complexity index is 2530. The minimum Gasteiger partial charge on any atom is -1.00 e. The minimum atomic E-state index is 0. The van der Waals surface area contributed by atoms with E-state index in [1.165, 1.54) is 98.0 Å². The van der Waals surface area contributed by atoms with Crippen molar-refractivity contribution < 1.29 is 51.0 Å². The van der Waals surface area contributed by atoms with Crippen molar-refractivity contribution in [3.63, 3.8) is 0 Å². The normalized spacial score (nSPS) is 10.6. The van der Waals surface area contributed by atoms with Crippen LogP contribution in [0.1, 0.15) is 17.5 Å². The molecule has 0 aliphatic rings. The molecule has 0 N–H and O–H groups in total. The Morgan fingerprint density at radius 1 is 0.389 bits per heavy atom. The van der Waals surface area contributed by atoms with E-state index >= 15 is 0 Å². The van der Waals surface area contributed by atoms with Gasteiger partial charge >= 0.3 is 26.2 Å². The van der Waals surface area contributed by atoms with Crippen LogP contribution in [-0.4, -0.2) is 0 Å². The Morgan fingerprint density at radius 2 is 0.685 bits per heavy atom. The van der Waals surface area contributed by atoms with Gasteiger partial charge in [-0.15, -0.1) is 69.1 Å². The zero-order chi connectivity index (χ0) is 34.9. The predicted octanol–water partition coefficient (Wildman–Crippen LogP) is 8.73. The third-order valence-corrected chi connectivity index (χ3v) is 9.87. The van der Waals surface area contributed by atoms with Gasteiger partial charge in [-0.3, -0.25) is 0 Å². The van der Waals surface area contributed by atoms with Crippen LogP contribution in [0.5, 0.6) is 0 Å². The van der Waals surface area contributed by atoms with Crippen LogP contribution in [0, 0.1) is 27.7 Å². The summed E-state index contributed by atoms with van der Waals surface area (Å²) in [6.45, 7) is 11.1. The number of hydrogen-bond acceptors (Lipinski definition) is 0. The number of aryl methyl sites for hydroxylation is 2. The van der Waals surface area contributed by atoms with E-state index in [-0.39, 0.29) is 51.0 Å². The monoisotopic (exact) mass is 812 g/mol. The first kappa shape index (κ1) is 40.7. The Balaban J connectivity index is 0.000000184. The molecule has 0 heterocycles. The standard InChI is InChI=1S/2C24H17.C3H6.2ClH.Zr/c2*1-16-13-17-9-6-12-22(23(17)14-16)24-20-10-4-2-7-18(20)15-19-8-3-5-11-21(19)24;1-3-2;;;/h2*2-15H,1H3;1-3H2;2*1H;/q2*-1;-2;;;+2/p-2. The Labute approximate surface area is 350 Å². The van der Waals surface area contributed by atoms with E-state index in [2.05, 4.69) is 198 Å². The molecule has 0 aliphatic heterocycles. The Kier molecular flexibility index (Phi) is 13.4. The molecular formula is C51H40Cl2Zr-4. The van der Waals surface area contributed by atoms with Gasteiger partial charge in [0.25, 0.3) is 0 Å². The number of halogens is 2.